The fourth-order valence-electron chi connectivity index (χ4n) is 2.09. The fourth-order valence-corrected chi connectivity index (χ4v) is 4.38. The van der Waals surface area contributed by atoms with Crippen LogP contribution in [0, 0.1) is 5.92 Å². The summed E-state index contributed by atoms with van der Waals surface area (Å²) in [6.45, 7) is 2.94. The van der Waals surface area contributed by atoms with Gasteiger partial charge in [-0.1, -0.05) is 6.92 Å². The number of carbonyl (C=O) groups is 1. The Balaban J connectivity index is 1.78. The molecule has 5 heteroatoms. The van der Waals surface area contributed by atoms with Gasteiger partial charge in [0.2, 0.25) is 0 Å². The zero-order valence-corrected chi connectivity index (χ0v) is 12.9. The summed E-state index contributed by atoms with van der Waals surface area (Å²) in [4.78, 5) is 14.3. The molecule has 106 valence electrons. The van der Waals surface area contributed by atoms with E-state index in [1.807, 2.05) is 18.7 Å². The largest absolute Gasteiger partial charge is 0.396 e. The number of aliphatic hydroxyl groups excluding tert-OH is 1. The third kappa shape index (κ3) is 4.23. The van der Waals surface area contributed by atoms with Crippen LogP contribution in [0.2, 0.25) is 0 Å². The lowest BCUT2D eigenvalue weighted by atomic mass is 10.1. The minimum Gasteiger partial charge on any atom is -0.396 e. The van der Waals surface area contributed by atoms with Crippen LogP contribution in [-0.4, -0.2) is 29.9 Å². The molecule has 2 rings (SSSR count). The lowest BCUT2D eigenvalue weighted by Gasteiger charge is -2.08. The highest BCUT2D eigenvalue weighted by molar-refractivity contribution is 7.98. The molecule has 1 aromatic rings. The summed E-state index contributed by atoms with van der Waals surface area (Å²) in [5, 5.41) is 11.9. The minimum absolute atomic E-state index is 0.0565. The molecule has 2 N–H and O–H groups in total. The molecule has 2 heterocycles. The van der Waals surface area contributed by atoms with Gasteiger partial charge in [0.15, 0.2) is 0 Å². The number of hydrogen-bond donors (Lipinski definition) is 2. The van der Waals surface area contributed by atoms with E-state index in [2.05, 4.69) is 11.4 Å². The number of nitrogens with one attached hydrogen (secondary N) is 1. The number of carbonyl (C=O) groups excluding carboxylic acids is 1. The summed E-state index contributed by atoms with van der Waals surface area (Å²) < 4.78 is 0. The second kappa shape index (κ2) is 7.31. The van der Waals surface area contributed by atoms with Gasteiger partial charge in [-0.05, 0) is 42.6 Å². The smallest absolute Gasteiger partial charge is 0.261 e. The molecule has 1 aromatic heterocycles. The molecular weight excluding hydrogens is 278 g/mol. The zero-order valence-electron chi connectivity index (χ0n) is 11.3. The van der Waals surface area contributed by atoms with Crippen molar-refractivity contribution < 1.29 is 9.90 Å². The predicted octanol–water partition coefficient (Wildman–Crippen LogP) is 2.68. The van der Waals surface area contributed by atoms with Gasteiger partial charge in [0, 0.05) is 23.8 Å². The van der Waals surface area contributed by atoms with E-state index < -0.39 is 0 Å². The lowest BCUT2D eigenvalue weighted by molar-refractivity contribution is 0.0956. The maximum atomic E-state index is 12.0. The van der Waals surface area contributed by atoms with E-state index in [1.165, 1.54) is 16.2 Å². The average Bonchev–Trinajstić information content (AvgIpc) is 2.87. The molecule has 0 spiro atoms. The molecule has 0 saturated heterocycles. The third-order valence-corrected chi connectivity index (χ3v) is 5.57. The molecule has 0 saturated carbocycles. The van der Waals surface area contributed by atoms with Gasteiger partial charge in [-0.25, -0.2) is 0 Å². The van der Waals surface area contributed by atoms with Crippen LogP contribution in [0.3, 0.4) is 0 Å². The third-order valence-electron chi connectivity index (χ3n) is 3.32. The molecule has 0 bridgehead atoms. The molecule has 1 unspecified atom stereocenters. The van der Waals surface area contributed by atoms with Crippen LogP contribution in [0.4, 0.5) is 0 Å². The number of fused-ring (bicyclic) bond motifs is 1. The van der Waals surface area contributed by atoms with Gasteiger partial charge in [-0.3, -0.25) is 4.79 Å². The molecule has 1 aliphatic heterocycles. The van der Waals surface area contributed by atoms with E-state index >= 15 is 0 Å². The van der Waals surface area contributed by atoms with Crippen LogP contribution < -0.4 is 5.32 Å². The summed E-state index contributed by atoms with van der Waals surface area (Å²) in [5.74, 6) is 2.60. The summed E-state index contributed by atoms with van der Waals surface area (Å²) in [6.07, 6.45) is 2.98. The summed E-state index contributed by atoms with van der Waals surface area (Å²) >= 11 is 3.59. The average molecular weight is 299 g/mol. The Morgan fingerprint density at radius 1 is 1.58 bits per heavy atom. The van der Waals surface area contributed by atoms with E-state index in [4.69, 9.17) is 5.11 Å². The second-order valence-corrected chi connectivity index (χ2v) is 7.29. The standard InChI is InChI=1S/C14H21NO2S2/c1-10(8-16)3-2-5-15-14(17)13-7-11-9-18-6-4-12(11)19-13/h7,10,16H,2-6,8-9H2,1H3,(H,15,17). The van der Waals surface area contributed by atoms with Crippen molar-refractivity contribution in [2.24, 2.45) is 5.92 Å². The van der Waals surface area contributed by atoms with E-state index in [0.717, 1.165) is 29.9 Å². The van der Waals surface area contributed by atoms with Gasteiger partial charge in [-0.15, -0.1) is 11.3 Å². The van der Waals surface area contributed by atoms with Crippen molar-refractivity contribution in [3.63, 3.8) is 0 Å². The zero-order chi connectivity index (χ0) is 13.7. The molecule has 1 amide bonds. The van der Waals surface area contributed by atoms with Crippen molar-refractivity contribution in [2.75, 3.05) is 18.9 Å². The fraction of sp³-hybridized carbons (Fsp3) is 0.643. The molecule has 1 atom stereocenters. The number of aliphatic hydroxyl groups is 1. The number of thiophene rings is 1. The van der Waals surface area contributed by atoms with Crippen molar-refractivity contribution in [3.8, 4) is 0 Å². The Bertz CT molecular complexity index is 408. The van der Waals surface area contributed by atoms with Crippen LogP contribution >= 0.6 is 23.1 Å². The Morgan fingerprint density at radius 2 is 2.42 bits per heavy atom. The lowest BCUT2D eigenvalue weighted by Crippen LogP contribution is -2.24. The molecule has 0 aromatic carbocycles. The number of aryl methyl sites for hydroxylation is 1. The molecule has 0 radical (unpaired) electrons. The van der Waals surface area contributed by atoms with Crippen molar-refractivity contribution in [2.45, 2.75) is 31.9 Å². The van der Waals surface area contributed by atoms with Gasteiger partial charge >= 0.3 is 0 Å². The summed E-state index contributed by atoms with van der Waals surface area (Å²) in [6, 6.07) is 2.05. The van der Waals surface area contributed by atoms with Gasteiger partial charge in [0.1, 0.15) is 0 Å². The highest BCUT2D eigenvalue weighted by Crippen LogP contribution is 2.31. The van der Waals surface area contributed by atoms with Gasteiger partial charge in [-0.2, -0.15) is 11.8 Å². The van der Waals surface area contributed by atoms with Crippen molar-refractivity contribution >= 4 is 29.0 Å². The maximum absolute atomic E-state index is 12.0. The van der Waals surface area contributed by atoms with E-state index in [-0.39, 0.29) is 12.5 Å². The quantitative estimate of drug-likeness (QED) is 0.794. The number of amides is 1. The summed E-state index contributed by atoms with van der Waals surface area (Å²) in [7, 11) is 0. The van der Waals surface area contributed by atoms with Gasteiger partial charge in [0.05, 0.1) is 4.88 Å². The second-order valence-electron chi connectivity index (χ2n) is 5.05. The normalized spacial score (nSPS) is 15.9. The van der Waals surface area contributed by atoms with Crippen molar-refractivity contribution in [3.05, 3.63) is 21.4 Å². The maximum Gasteiger partial charge on any atom is 0.261 e. The van der Waals surface area contributed by atoms with Crippen LogP contribution in [0.25, 0.3) is 0 Å². The SMILES string of the molecule is CC(CO)CCCNC(=O)c1cc2c(s1)CCSC2. The van der Waals surface area contributed by atoms with Crippen molar-refractivity contribution in [1.82, 2.24) is 5.32 Å². The summed E-state index contributed by atoms with van der Waals surface area (Å²) in [5.41, 5.74) is 1.35. The minimum atomic E-state index is 0.0565. The van der Waals surface area contributed by atoms with Crippen LogP contribution in [0.15, 0.2) is 6.07 Å². The Hall–Kier alpha value is -0.520. The van der Waals surface area contributed by atoms with Gasteiger partial charge < -0.3 is 10.4 Å². The Morgan fingerprint density at radius 3 is 3.16 bits per heavy atom. The molecule has 1 aliphatic rings. The number of rotatable bonds is 6. The number of hydrogen-bond acceptors (Lipinski definition) is 4. The van der Waals surface area contributed by atoms with E-state index in [9.17, 15) is 4.79 Å². The monoisotopic (exact) mass is 299 g/mol. The van der Waals surface area contributed by atoms with E-state index in [0.29, 0.717) is 12.5 Å². The molecule has 0 fully saturated rings. The van der Waals surface area contributed by atoms with E-state index in [1.54, 1.807) is 11.3 Å². The molecule has 3 nitrogen and oxygen atoms in total. The molecular formula is C14H21NO2S2. The van der Waals surface area contributed by atoms with Gasteiger partial charge in [0.25, 0.3) is 5.91 Å². The Labute approximate surface area is 122 Å². The molecule has 19 heavy (non-hydrogen) atoms. The predicted molar refractivity (Wildman–Crippen MR) is 82.0 cm³/mol. The van der Waals surface area contributed by atoms with Crippen LogP contribution in [-0.2, 0) is 12.2 Å². The van der Waals surface area contributed by atoms with Crippen LogP contribution in [0.5, 0.6) is 0 Å². The first-order chi connectivity index (χ1) is 9.20. The topological polar surface area (TPSA) is 49.3 Å². The van der Waals surface area contributed by atoms with Crippen molar-refractivity contribution in [1.29, 1.82) is 0 Å². The first kappa shape index (κ1) is 14.9. The number of thioether (sulfide) groups is 1. The Kier molecular flexibility index (Phi) is 5.73. The first-order valence-corrected chi connectivity index (χ1v) is 8.76. The highest BCUT2D eigenvalue weighted by atomic mass is 32.2. The van der Waals surface area contributed by atoms with Crippen LogP contribution in [0.1, 0.15) is 39.9 Å². The molecule has 0 aliphatic carbocycles. The highest BCUT2D eigenvalue weighted by Gasteiger charge is 2.17. The first-order valence-electron chi connectivity index (χ1n) is 6.79.